The first-order chi connectivity index (χ1) is 15.9. The van der Waals surface area contributed by atoms with Gasteiger partial charge in [-0.05, 0) is 18.2 Å². The molecule has 0 spiro atoms. The van der Waals surface area contributed by atoms with E-state index in [0.29, 0.717) is 28.2 Å². The van der Waals surface area contributed by atoms with Gasteiger partial charge in [-0.15, -0.1) is 9.50 Å². The molecule has 4 aromatic heterocycles. The molecule has 0 fully saturated rings. The molecule has 33 heavy (non-hydrogen) atoms. The predicted molar refractivity (Wildman–Crippen MR) is 120 cm³/mol. The molecule has 9 nitrogen and oxygen atoms in total. The highest BCUT2D eigenvalue weighted by atomic mass is 19.1. The van der Waals surface area contributed by atoms with Crippen molar-refractivity contribution < 1.29 is 9.37 Å². The van der Waals surface area contributed by atoms with Crippen LogP contribution in [-0.4, -0.2) is 23.7 Å². The van der Waals surface area contributed by atoms with E-state index in [4.69, 9.17) is 5.73 Å². The Balaban J connectivity index is 1.81. The quantitative estimate of drug-likeness (QED) is 0.451. The first kappa shape index (κ1) is 20.3. The number of nitrogen functional groups attached to an aromatic ring is 1. The minimum atomic E-state index is -0.476. The maximum atomic E-state index is 13.2. The zero-order valence-electron chi connectivity index (χ0n) is 17.6. The van der Waals surface area contributed by atoms with Crippen molar-refractivity contribution in [2.75, 3.05) is 5.73 Å². The first-order valence-electron chi connectivity index (χ1n) is 10.1. The minimum absolute atomic E-state index is 0.0353. The van der Waals surface area contributed by atoms with Crippen LogP contribution in [-0.2, 0) is 13.6 Å². The van der Waals surface area contributed by atoms with Crippen LogP contribution in [0.1, 0.15) is 5.69 Å². The standard InChI is InChI=1S/C23H18FN7O2/c1-29-12-15(7-10-18(29)32)19-20(14-5-3-2-4-6-14)27-22(25)31-21(19)28-30(23(31)33)13-17-9-8-16(24)11-26-17/h2-12H,13H2,1H3,(H2,25,27)/p+1. The molecular formula is C23H19FN7O2+. The summed E-state index contributed by atoms with van der Waals surface area (Å²) in [4.78, 5) is 32.3. The van der Waals surface area contributed by atoms with Crippen LogP contribution < -0.4 is 22.0 Å². The number of aromatic nitrogens is 6. The van der Waals surface area contributed by atoms with Crippen LogP contribution in [0.4, 0.5) is 10.3 Å². The van der Waals surface area contributed by atoms with Gasteiger partial charge in [-0.25, -0.2) is 14.2 Å². The fourth-order valence-electron chi connectivity index (χ4n) is 3.74. The van der Waals surface area contributed by atoms with Crippen LogP contribution >= 0.6 is 0 Å². The van der Waals surface area contributed by atoms with Crippen molar-refractivity contribution >= 4 is 11.6 Å². The lowest BCUT2D eigenvalue weighted by Gasteiger charge is -2.10. The molecule has 0 amide bonds. The lowest BCUT2D eigenvalue weighted by Crippen LogP contribution is -2.28. The maximum Gasteiger partial charge on any atom is 0.411 e. The van der Waals surface area contributed by atoms with Crippen molar-refractivity contribution in [3.05, 3.63) is 99.3 Å². The molecule has 164 valence electrons. The smallest absolute Gasteiger partial charge is 0.318 e. The van der Waals surface area contributed by atoms with E-state index in [-0.39, 0.29) is 18.1 Å². The molecule has 0 radical (unpaired) electrons. The number of pyridine rings is 2. The summed E-state index contributed by atoms with van der Waals surface area (Å²) in [6.45, 7) is 0.0353. The van der Waals surface area contributed by atoms with Gasteiger partial charge >= 0.3 is 11.6 Å². The number of halogens is 1. The summed E-state index contributed by atoms with van der Waals surface area (Å²) in [5.41, 5.74) is 9.16. The van der Waals surface area contributed by atoms with E-state index < -0.39 is 11.5 Å². The van der Waals surface area contributed by atoms with Gasteiger partial charge in [-0.2, -0.15) is 4.68 Å². The van der Waals surface area contributed by atoms with E-state index in [0.717, 1.165) is 11.8 Å². The molecule has 0 saturated heterocycles. The third-order valence-corrected chi connectivity index (χ3v) is 5.34. The minimum Gasteiger partial charge on any atom is -0.318 e. The average Bonchev–Trinajstić information content (AvgIpc) is 3.14. The Hall–Kier alpha value is -4.60. The van der Waals surface area contributed by atoms with Crippen molar-refractivity contribution in [3.8, 4) is 22.4 Å². The second-order valence-electron chi connectivity index (χ2n) is 7.56. The number of anilines is 1. The maximum absolute atomic E-state index is 13.2. The third-order valence-electron chi connectivity index (χ3n) is 5.34. The molecule has 0 bridgehead atoms. The highest BCUT2D eigenvalue weighted by Gasteiger charge is 2.26. The number of aryl methyl sites for hydroxylation is 1. The van der Waals surface area contributed by atoms with Crippen molar-refractivity contribution in [2.45, 2.75) is 6.54 Å². The molecule has 0 saturated carbocycles. The van der Waals surface area contributed by atoms with Gasteiger partial charge in [-0.3, -0.25) is 15.5 Å². The second-order valence-corrected chi connectivity index (χ2v) is 7.56. The van der Waals surface area contributed by atoms with Gasteiger partial charge in [0, 0.05) is 30.4 Å². The fourth-order valence-corrected chi connectivity index (χ4v) is 3.74. The molecule has 5 aromatic rings. The van der Waals surface area contributed by atoms with Crippen LogP contribution in [0.25, 0.3) is 28.0 Å². The molecule has 10 heteroatoms. The Kier molecular flexibility index (Phi) is 4.82. The summed E-state index contributed by atoms with van der Waals surface area (Å²) in [6.07, 6.45) is 2.76. The topological polar surface area (TPSA) is 114 Å². The van der Waals surface area contributed by atoms with Gasteiger partial charge in [0.15, 0.2) is 0 Å². The van der Waals surface area contributed by atoms with E-state index in [2.05, 4.69) is 15.1 Å². The summed E-state index contributed by atoms with van der Waals surface area (Å²) < 4.78 is 17.2. The Morgan fingerprint density at radius 1 is 1.03 bits per heavy atom. The molecular weight excluding hydrogens is 425 g/mol. The Morgan fingerprint density at radius 3 is 2.52 bits per heavy atom. The molecule has 0 aliphatic rings. The fraction of sp³-hybridized carbons (Fsp3) is 0.0870. The van der Waals surface area contributed by atoms with Crippen molar-refractivity contribution in [2.24, 2.45) is 7.05 Å². The molecule has 0 aliphatic carbocycles. The zero-order chi connectivity index (χ0) is 23.1. The lowest BCUT2D eigenvalue weighted by atomic mass is 10.0. The number of hydrogen-bond acceptors (Lipinski definition) is 5. The number of nitrogens with two attached hydrogens (primary N) is 1. The van der Waals surface area contributed by atoms with Crippen molar-refractivity contribution in [1.29, 1.82) is 0 Å². The van der Waals surface area contributed by atoms with Crippen LogP contribution in [0.5, 0.6) is 0 Å². The van der Waals surface area contributed by atoms with E-state index in [1.807, 2.05) is 30.3 Å². The van der Waals surface area contributed by atoms with Gasteiger partial charge in [0.2, 0.25) is 11.2 Å². The monoisotopic (exact) mass is 444 g/mol. The summed E-state index contributed by atoms with van der Waals surface area (Å²) in [6, 6.07) is 15.4. The van der Waals surface area contributed by atoms with E-state index in [9.17, 15) is 14.0 Å². The van der Waals surface area contributed by atoms with Crippen LogP contribution in [0.2, 0.25) is 0 Å². The molecule has 5 rings (SSSR count). The van der Waals surface area contributed by atoms with Gasteiger partial charge in [0.1, 0.15) is 11.5 Å². The van der Waals surface area contributed by atoms with Gasteiger partial charge in [0.05, 0.1) is 24.0 Å². The zero-order valence-corrected chi connectivity index (χ0v) is 17.6. The Bertz CT molecular complexity index is 1600. The number of fused-ring (bicyclic) bond motifs is 1. The number of aromatic amines is 1. The number of H-pyrrole nitrogens is 1. The number of rotatable bonds is 4. The average molecular weight is 444 g/mol. The highest BCUT2D eigenvalue weighted by Crippen LogP contribution is 2.31. The molecule has 0 atom stereocenters. The normalized spacial score (nSPS) is 11.2. The van der Waals surface area contributed by atoms with Gasteiger partial charge in [0.25, 0.3) is 0 Å². The SMILES string of the molecule is Cn1cc(-c2c(-c3ccccc3)[nH+]c(N)n3c(=O)n(Cc4ccc(F)cn4)nc23)ccc1=O. The predicted octanol–water partition coefficient (Wildman–Crippen LogP) is 1.51. The summed E-state index contributed by atoms with van der Waals surface area (Å²) >= 11 is 0. The summed E-state index contributed by atoms with van der Waals surface area (Å²) in [5, 5.41) is 4.55. The Morgan fingerprint density at radius 2 is 1.82 bits per heavy atom. The van der Waals surface area contributed by atoms with Crippen molar-refractivity contribution in [1.82, 2.24) is 23.7 Å². The van der Waals surface area contributed by atoms with E-state index >= 15 is 0 Å². The third kappa shape index (κ3) is 3.57. The van der Waals surface area contributed by atoms with E-state index in [1.165, 1.54) is 31.8 Å². The van der Waals surface area contributed by atoms with Crippen LogP contribution in [0.3, 0.4) is 0 Å². The van der Waals surface area contributed by atoms with Gasteiger partial charge < -0.3 is 4.57 Å². The summed E-state index contributed by atoms with van der Waals surface area (Å²) in [5.74, 6) is -0.370. The van der Waals surface area contributed by atoms with Gasteiger partial charge in [-0.1, -0.05) is 30.3 Å². The number of nitrogens with zero attached hydrogens (tertiary/aromatic N) is 5. The van der Waals surface area contributed by atoms with E-state index in [1.54, 1.807) is 19.3 Å². The van der Waals surface area contributed by atoms with Crippen LogP contribution in [0, 0.1) is 5.82 Å². The molecule has 0 aliphatic heterocycles. The first-order valence-corrected chi connectivity index (χ1v) is 10.1. The molecule has 1 aromatic carbocycles. The Labute approximate surface area is 186 Å². The second kappa shape index (κ2) is 7.83. The number of nitrogens with one attached hydrogen (secondary N) is 1. The summed E-state index contributed by atoms with van der Waals surface area (Å²) in [7, 11) is 1.65. The van der Waals surface area contributed by atoms with Crippen LogP contribution in [0.15, 0.2) is 76.6 Å². The molecule has 3 N–H and O–H groups in total. The lowest BCUT2D eigenvalue weighted by molar-refractivity contribution is -0.351. The molecule has 0 unspecified atom stereocenters. The number of benzene rings is 1. The number of hydrogen-bond donors (Lipinski definition) is 1. The largest absolute Gasteiger partial charge is 0.411 e. The van der Waals surface area contributed by atoms with Crippen molar-refractivity contribution in [3.63, 3.8) is 0 Å². The highest BCUT2D eigenvalue weighted by molar-refractivity contribution is 5.88. The molecule has 4 heterocycles.